The van der Waals surface area contributed by atoms with Crippen molar-refractivity contribution in [2.24, 2.45) is 0 Å². The fourth-order valence-electron chi connectivity index (χ4n) is 4.29. The summed E-state index contributed by atoms with van der Waals surface area (Å²) < 4.78 is 28.1. The molecule has 2 aliphatic rings. The number of sulfonamides is 1. The molecule has 0 radical (unpaired) electrons. The Bertz CT molecular complexity index is 889. The van der Waals surface area contributed by atoms with E-state index < -0.39 is 10.0 Å². The highest BCUT2D eigenvalue weighted by atomic mass is 32.2. The van der Waals surface area contributed by atoms with Crippen LogP contribution in [0.5, 0.6) is 0 Å². The molecule has 0 unspecified atom stereocenters. The van der Waals surface area contributed by atoms with Crippen LogP contribution in [0, 0.1) is 13.8 Å². The molecule has 1 saturated carbocycles. The lowest BCUT2D eigenvalue weighted by atomic mass is 9.94. The molecule has 8 heteroatoms. The molecule has 1 saturated heterocycles. The standard InChI is InChI=1S/C19H28N4O2S2/c1-14-12-17(21-20-14)18-13-19(15(2)26-18)27(24,25)23-10-8-22(9-11-23)16-6-4-3-5-7-16/h12-13,16H,3-11H2,1-2H3,(H,20,21). The van der Waals surface area contributed by atoms with Gasteiger partial charge in [-0.15, -0.1) is 11.3 Å². The van der Waals surface area contributed by atoms with E-state index in [1.807, 2.05) is 19.9 Å². The number of hydrogen-bond acceptors (Lipinski definition) is 5. The Kier molecular flexibility index (Phi) is 5.42. The quantitative estimate of drug-likeness (QED) is 0.842. The lowest BCUT2D eigenvalue weighted by molar-refractivity contribution is 0.111. The number of thiophene rings is 1. The van der Waals surface area contributed by atoms with Crippen molar-refractivity contribution >= 4 is 21.4 Å². The van der Waals surface area contributed by atoms with Crippen LogP contribution in [0.25, 0.3) is 10.6 Å². The number of aryl methyl sites for hydroxylation is 2. The van der Waals surface area contributed by atoms with E-state index in [9.17, 15) is 8.42 Å². The van der Waals surface area contributed by atoms with Crippen molar-refractivity contribution in [1.29, 1.82) is 0 Å². The first kappa shape index (κ1) is 19.1. The van der Waals surface area contributed by atoms with Crippen LogP contribution in [0.4, 0.5) is 0 Å². The molecule has 0 aromatic carbocycles. The van der Waals surface area contributed by atoms with Crippen molar-refractivity contribution in [2.45, 2.75) is 56.9 Å². The molecule has 3 heterocycles. The molecular weight excluding hydrogens is 380 g/mol. The zero-order valence-corrected chi connectivity index (χ0v) is 17.7. The van der Waals surface area contributed by atoms with E-state index in [1.54, 1.807) is 10.4 Å². The molecule has 1 N–H and O–H groups in total. The molecule has 2 aromatic heterocycles. The second-order valence-corrected chi connectivity index (χ2v) is 10.9. The second kappa shape index (κ2) is 7.66. The van der Waals surface area contributed by atoms with Crippen LogP contribution < -0.4 is 0 Å². The fourth-order valence-corrected chi connectivity index (χ4v) is 7.23. The first-order valence-electron chi connectivity index (χ1n) is 9.82. The zero-order chi connectivity index (χ0) is 19.0. The van der Waals surface area contributed by atoms with E-state index in [0.29, 0.717) is 24.0 Å². The topological polar surface area (TPSA) is 69.3 Å². The molecule has 1 aliphatic carbocycles. The van der Waals surface area contributed by atoms with Gasteiger partial charge in [0.25, 0.3) is 0 Å². The molecule has 6 nitrogen and oxygen atoms in total. The molecule has 2 aromatic rings. The SMILES string of the molecule is Cc1cc(-c2cc(S(=O)(=O)N3CCN(C4CCCCC4)CC3)c(C)s2)n[nH]1. The van der Waals surface area contributed by atoms with Crippen LogP contribution in [0.2, 0.25) is 0 Å². The van der Waals surface area contributed by atoms with Gasteiger partial charge in [-0.25, -0.2) is 8.42 Å². The van der Waals surface area contributed by atoms with E-state index in [2.05, 4.69) is 15.1 Å². The number of aromatic nitrogens is 2. The number of piperazine rings is 1. The van der Waals surface area contributed by atoms with Crippen molar-refractivity contribution in [3.63, 3.8) is 0 Å². The fraction of sp³-hybridized carbons (Fsp3) is 0.632. The number of H-pyrrole nitrogens is 1. The molecular formula is C19H28N4O2S2. The summed E-state index contributed by atoms with van der Waals surface area (Å²) in [6, 6.07) is 4.39. The summed E-state index contributed by atoms with van der Waals surface area (Å²) in [5.41, 5.74) is 1.78. The van der Waals surface area contributed by atoms with E-state index in [4.69, 9.17) is 0 Å². The Morgan fingerprint density at radius 3 is 2.41 bits per heavy atom. The van der Waals surface area contributed by atoms with Crippen molar-refractivity contribution in [3.8, 4) is 10.6 Å². The number of aromatic amines is 1. The van der Waals surface area contributed by atoms with Crippen LogP contribution in [-0.2, 0) is 10.0 Å². The minimum atomic E-state index is -3.45. The Morgan fingerprint density at radius 2 is 1.78 bits per heavy atom. The molecule has 0 atom stereocenters. The molecule has 148 valence electrons. The van der Waals surface area contributed by atoms with Gasteiger partial charge < -0.3 is 0 Å². The zero-order valence-electron chi connectivity index (χ0n) is 16.1. The van der Waals surface area contributed by atoms with Crippen molar-refractivity contribution in [2.75, 3.05) is 26.2 Å². The number of nitrogens with one attached hydrogen (secondary N) is 1. The normalized spacial score (nSPS) is 21.0. The highest BCUT2D eigenvalue weighted by molar-refractivity contribution is 7.89. The average Bonchev–Trinajstić information content (AvgIpc) is 3.28. The maximum absolute atomic E-state index is 13.2. The van der Waals surface area contributed by atoms with Crippen molar-refractivity contribution < 1.29 is 8.42 Å². The monoisotopic (exact) mass is 408 g/mol. The largest absolute Gasteiger partial charge is 0.298 e. The summed E-state index contributed by atoms with van der Waals surface area (Å²) in [6.07, 6.45) is 6.51. The van der Waals surface area contributed by atoms with E-state index in [0.717, 1.165) is 34.2 Å². The first-order valence-corrected chi connectivity index (χ1v) is 12.1. The van der Waals surface area contributed by atoms with Crippen LogP contribution in [0.3, 0.4) is 0 Å². The van der Waals surface area contributed by atoms with Gasteiger partial charge in [-0.3, -0.25) is 10.00 Å². The summed E-state index contributed by atoms with van der Waals surface area (Å²) in [5, 5.41) is 7.19. The summed E-state index contributed by atoms with van der Waals surface area (Å²) in [7, 11) is -3.45. The number of hydrogen-bond donors (Lipinski definition) is 1. The predicted octanol–water partition coefficient (Wildman–Crippen LogP) is 3.39. The third-order valence-corrected chi connectivity index (χ3v) is 9.04. The Balaban J connectivity index is 1.48. The molecule has 4 rings (SSSR count). The van der Waals surface area contributed by atoms with Crippen LogP contribution in [0.15, 0.2) is 17.0 Å². The Hall–Kier alpha value is -1.22. The summed E-state index contributed by atoms with van der Waals surface area (Å²) in [5.74, 6) is 0. The Morgan fingerprint density at radius 1 is 1.07 bits per heavy atom. The summed E-state index contributed by atoms with van der Waals surface area (Å²) in [4.78, 5) is 4.68. The van der Waals surface area contributed by atoms with Gasteiger partial charge in [0.2, 0.25) is 10.0 Å². The molecule has 0 amide bonds. The average molecular weight is 409 g/mol. The van der Waals surface area contributed by atoms with Gasteiger partial charge in [0.05, 0.1) is 9.77 Å². The molecule has 2 fully saturated rings. The number of nitrogens with zero attached hydrogens (tertiary/aromatic N) is 3. The maximum atomic E-state index is 13.2. The number of rotatable bonds is 4. The van der Waals surface area contributed by atoms with Gasteiger partial charge >= 0.3 is 0 Å². The Labute approximate surface area is 165 Å². The molecule has 0 bridgehead atoms. The van der Waals surface area contributed by atoms with Gasteiger partial charge in [-0.2, -0.15) is 9.40 Å². The van der Waals surface area contributed by atoms with E-state index >= 15 is 0 Å². The smallest absolute Gasteiger partial charge is 0.244 e. The van der Waals surface area contributed by atoms with Crippen LogP contribution >= 0.6 is 11.3 Å². The van der Waals surface area contributed by atoms with Gasteiger partial charge in [0.1, 0.15) is 5.69 Å². The van der Waals surface area contributed by atoms with Crippen LogP contribution in [0.1, 0.15) is 42.7 Å². The first-order chi connectivity index (χ1) is 12.9. The maximum Gasteiger partial charge on any atom is 0.244 e. The highest BCUT2D eigenvalue weighted by Gasteiger charge is 2.33. The van der Waals surface area contributed by atoms with E-state index in [1.165, 1.54) is 43.4 Å². The third kappa shape index (κ3) is 3.85. The van der Waals surface area contributed by atoms with Crippen molar-refractivity contribution in [1.82, 2.24) is 19.4 Å². The minimum absolute atomic E-state index is 0.439. The predicted molar refractivity (Wildman–Crippen MR) is 109 cm³/mol. The minimum Gasteiger partial charge on any atom is -0.298 e. The van der Waals surface area contributed by atoms with Crippen LogP contribution in [-0.4, -0.2) is 60.0 Å². The third-order valence-electron chi connectivity index (χ3n) is 5.81. The van der Waals surface area contributed by atoms with Gasteiger partial charge in [-0.1, -0.05) is 19.3 Å². The van der Waals surface area contributed by atoms with Gasteiger partial charge in [-0.05, 0) is 38.8 Å². The van der Waals surface area contributed by atoms with Gasteiger partial charge in [0.15, 0.2) is 0 Å². The highest BCUT2D eigenvalue weighted by Crippen LogP contribution is 2.34. The van der Waals surface area contributed by atoms with Crippen molar-refractivity contribution in [3.05, 3.63) is 22.7 Å². The molecule has 27 heavy (non-hydrogen) atoms. The summed E-state index contributed by atoms with van der Waals surface area (Å²) in [6.45, 7) is 6.70. The molecule has 1 aliphatic heterocycles. The van der Waals surface area contributed by atoms with E-state index in [-0.39, 0.29) is 0 Å². The second-order valence-electron chi connectivity index (χ2n) is 7.70. The van der Waals surface area contributed by atoms with Gasteiger partial charge in [0, 0.05) is 42.8 Å². The lowest BCUT2D eigenvalue weighted by Crippen LogP contribution is -2.52. The summed E-state index contributed by atoms with van der Waals surface area (Å²) >= 11 is 1.50. The molecule has 0 spiro atoms. The lowest BCUT2D eigenvalue weighted by Gasteiger charge is -2.40.